The van der Waals surface area contributed by atoms with Crippen molar-refractivity contribution in [2.24, 2.45) is 0 Å². The molecule has 1 fully saturated rings. The topological polar surface area (TPSA) is 59.2 Å². The summed E-state index contributed by atoms with van der Waals surface area (Å²) >= 11 is 5.90. The van der Waals surface area contributed by atoms with Crippen LogP contribution in [0.1, 0.15) is 31.6 Å². The first-order chi connectivity index (χ1) is 10.6. The number of amides is 1. The van der Waals surface area contributed by atoms with Crippen LogP contribution in [0.25, 0.3) is 11.4 Å². The van der Waals surface area contributed by atoms with Gasteiger partial charge in [-0.25, -0.2) is 0 Å². The molecule has 22 heavy (non-hydrogen) atoms. The Morgan fingerprint density at radius 1 is 1.41 bits per heavy atom. The summed E-state index contributed by atoms with van der Waals surface area (Å²) in [6.07, 6.45) is 1.86. The minimum atomic E-state index is -0.499. The Morgan fingerprint density at radius 2 is 2.18 bits per heavy atom. The van der Waals surface area contributed by atoms with Crippen molar-refractivity contribution in [3.8, 4) is 11.4 Å². The average Bonchev–Trinajstić information content (AvgIpc) is 3.05. The van der Waals surface area contributed by atoms with Crippen molar-refractivity contribution in [3.05, 3.63) is 36.2 Å². The van der Waals surface area contributed by atoms with Gasteiger partial charge in [-0.1, -0.05) is 35.5 Å². The van der Waals surface area contributed by atoms with E-state index in [1.165, 1.54) is 0 Å². The van der Waals surface area contributed by atoms with Crippen LogP contribution in [0.2, 0.25) is 0 Å². The van der Waals surface area contributed by atoms with Gasteiger partial charge in [0.05, 0.1) is 5.92 Å². The van der Waals surface area contributed by atoms with Crippen molar-refractivity contribution in [1.82, 2.24) is 15.0 Å². The Kier molecular flexibility index (Phi) is 4.43. The van der Waals surface area contributed by atoms with E-state index >= 15 is 0 Å². The summed E-state index contributed by atoms with van der Waals surface area (Å²) in [5.74, 6) is 1.23. The lowest BCUT2D eigenvalue weighted by Gasteiger charge is -2.31. The fourth-order valence-electron chi connectivity index (χ4n) is 2.74. The first-order valence-corrected chi connectivity index (χ1v) is 7.90. The van der Waals surface area contributed by atoms with E-state index in [9.17, 15) is 4.79 Å². The first kappa shape index (κ1) is 15.0. The number of carbonyl (C=O) groups excluding carboxylic acids is 1. The van der Waals surface area contributed by atoms with Crippen LogP contribution in [-0.4, -0.2) is 39.4 Å². The Balaban J connectivity index is 1.74. The molecule has 2 aromatic rings. The fraction of sp³-hybridized carbons (Fsp3) is 0.438. The lowest BCUT2D eigenvalue weighted by molar-refractivity contribution is -0.131. The van der Waals surface area contributed by atoms with Gasteiger partial charge in [0, 0.05) is 18.7 Å². The van der Waals surface area contributed by atoms with E-state index in [-0.39, 0.29) is 11.8 Å². The van der Waals surface area contributed by atoms with E-state index in [4.69, 9.17) is 16.1 Å². The number of benzene rings is 1. The molecule has 0 spiro atoms. The number of piperidine rings is 1. The first-order valence-electron chi connectivity index (χ1n) is 7.47. The zero-order chi connectivity index (χ0) is 15.5. The van der Waals surface area contributed by atoms with Crippen molar-refractivity contribution in [1.29, 1.82) is 0 Å². The van der Waals surface area contributed by atoms with Gasteiger partial charge >= 0.3 is 0 Å². The van der Waals surface area contributed by atoms with Crippen LogP contribution in [0.15, 0.2) is 34.9 Å². The number of alkyl halides is 1. The van der Waals surface area contributed by atoms with Crippen LogP contribution in [0.3, 0.4) is 0 Å². The molecule has 0 bridgehead atoms. The SMILES string of the molecule is CC(Cl)C(=O)N1CCCC(c2nc(-c3ccccc3)no2)C1. The standard InChI is InChI=1S/C16H18ClN3O2/c1-11(17)16(21)20-9-5-8-13(10-20)15-18-14(19-22-15)12-6-3-2-4-7-12/h2-4,6-7,11,13H,5,8-10H2,1H3. The highest BCUT2D eigenvalue weighted by Crippen LogP contribution is 2.28. The molecule has 3 rings (SSSR count). The zero-order valence-electron chi connectivity index (χ0n) is 12.4. The maximum Gasteiger partial charge on any atom is 0.240 e. The van der Waals surface area contributed by atoms with Crippen molar-refractivity contribution >= 4 is 17.5 Å². The highest BCUT2D eigenvalue weighted by molar-refractivity contribution is 6.30. The predicted octanol–water partition coefficient (Wildman–Crippen LogP) is 3.07. The number of rotatable bonds is 3. The van der Waals surface area contributed by atoms with Gasteiger partial charge in [0.2, 0.25) is 17.6 Å². The Labute approximate surface area is 134 Å². The normalized spacial score (nSPS) is 19.9. The summed E-state index contributed by atoms with van der Waals surface area (Å²) in [5.41, 5.74) is 0.927. The number of carbonyl (C=O) groups is 1. The molecule has 1 aromatic heterocycles. The van der Waals surface area contributed by atoms with Gasteiger partial charge in [0.15, 0.2) is 0 Å². The molecule has 1 saturated heterocycles. The van der Waals surface area contributed by atoms with E-state index in [2.05, 4.69) is 10.1 Å². The minimum absolute atomic E-state index is 0.0332. The number of aromatic nitrogens is 2. The summed E-state index contributed by atoms with van der Waals surface area (Å²) in [5, 5.41) is 3.55. The maximum atomic E-state index is 12.0. The number of hydrogen-bond acceptors (Lipinski definition) is 4. The van der Waals surface area contributed by atoms with Crippen LogP contribution >= 0.6 is 11.6 Å². The summed E-state index contributed by atoms with van der Waals surface area (Å²) in [4.78, 5) is 18.3. The molecule has 6 heteroatoms. The molecule has 2 atom stereocenters. The molecule has 2 heterocycles. The molecule has 5 nitrogen and oxygen atoms in total. The summed E-state index contributed by atoms with van der Waals surface area (Å²) in [7, 11) is 0. The van der Waals surface area contributed by atoms with E-state index in [1.54, 1.807) is 11.8 Å². The second-order valence-electron chi connectivity index (χ2n) is 5.56. The molecule has 1 aliphatic heterocycles. The van der Waals surface area contributed by atoms with Gasteiger partial charge in [0.1, 0.15) is 5.38 Å². The van der Waals surface area contributed by atoms with E-state index < -0.39 is 5.38 Å². The third-order valence-electron chi connectivity index (χ3n) is 3.90. The predicted molar refractivity (Wildman–Crippen MR) is 83.6 cm³/mol. The van der Waals surface area contributed by atoms with Crippen molar-refractivity contribution < 1.29 is 9.32 Å². The molecular formula is C16H18ClN3O2. The number of likely N-dealkylation sites (tertiary alicyclic amines) is 1. The number of nitrogens with zero attached hydrogens (tertiary/aromatic N) is 3. The van der Waals surface area contributed by atoms with Crippen molar-refractivity contribution in [2.75, 3.05) is 13.1 Å². The van der Waals surface area contributed by atoms with Crippen LogP contribution in [0, 0.1) is 0 Å². The second kappa shape index (κ2) is 6.48. The monoisotopic (exact) mass is 319 g/mol. The minimum Gasteiger partial charge on any atom is -0.341 e. The largest absolute Gasteiger partial charge is 0.341 e. The summed E-state index contributed by atoms with van der Waals surface area (Å²) in [6.45, 7) is 3.03. The van der Waals surface area contributed by atoms with E-state index in [0.717, 1.165) is 24.9 Å². The molecule has 116 valence electrons. The van der Waals surface area contributed by atoms with Gasteiger partial charge < -0.3 is 9.42 Å². The molecule has 0 N–H and O–H groups in total. The van der Waals surface area contributed by atoms with Crippen molar-refractivity contribution in [2.45, 2.75) is 31.1 Å². The third-order valence-corrected chi connectivity index (χ3v) is 4.08. The van der Waals surface area contributed by atoms with Gasteiger partial charge in [-0.2, -0.15) is 4.98 Å². The van der Waals surface area contributed by atoms with Crippen LogP contribution in [0.5, 0.6) is 0 Å². The number of halogens is 1. The second-order valence-corrected chi connectivity index (χ2v) is 6.22. The van der Waals surface area contributed by atoms with Gasteiger partial charge in [-0.15, -0.1) is 11.6 Å². The smallest absolute Gasteiger partial charge is 0.240 e. The lowest BCUT2D eigenvalue weighted by Crippen LogP contribution is -2.42. The average molecular weight is 320 g/mol. The molecule has 1 amide bonds. The zero-order valence-corrected chi connectivity index (χ0v) is 13.2. The maximum absolute atomic E-state index is 12.0. The molecule has 2 unspecified atom stereocenters. The van der Waals surface area contributed by atoms with Gasteiger partial charge in [-0.3, -0.25) is 4.79 Å². The highest BCUT2D eigenvalue weighted by atomic mass is 35.5. The summed E-state index contributed by atoms with van der Waals surface area (Å²) < 4.78 is 5.42. The molecule has 0 aliphatic carbocycles. The molecule has 1 aromatic carbocycles. The van der Waals surface area contributed by atoms with E-state index in [0.29, 0.717) is 18.3 Å². The molecular weight excluding hydrogens is 302 g/mol. The van der Waals surface area contributed by atoms with Crippen molar-refractivity contribution in [3.63, 3.8) is 0 Å². The summed E-state index contributed by atoms with van der Waals surface area (Å²) in [6, 6.07) is 9.71. The highest BCUT2D eigenvalue weighted by Gasteiger charge is 2.30. The molecule has 1 aliphatic rings. The van der Waals surface area contributed by atoms with Crippen LogP contribution < -0.4 is 0 Å². The Bertz CT molecular complexity index is 642. The van der Waals surface area contributed by atoms with Gasteiger partial charge in [0.25, 0.3) is 0 Å². The fourth-order valence-corrected chi connectivity index (χ4v) is 2.87. The molecule has 0 saturated carbocycles. The van der Waals surface area contributed by atoms with Crippen LogP contribution in [-0.2, 0) is 4.79 Å². The van der Waals surface area contributed by atoms with Crippen LogP contribution in [0.4, 0.5) is 0 Å². The third kappa shape index (κ3) is 3.14. The Morgan fingerprint density at radius 3 is 2.91 bits per heavy atom. The number of hydrogen-bond donors (Lipinski definition) is 0. The Hall–Kier alpha value is -1.88. The van der Waals surface area contributed by atoms with Gasteiger partial charge in [-0.05, 0) is 19.8 Å². The lowest BCUT2D eigenvalue weighted by atomic mass is 9.97. The van der Waals surface area contributed by atoms with E-state index in [1.807, 2.05) is 30.3 Å². The molecule has 0 radical (unpaired) electrons. The quantitative estimate of drug-likeness (QED) is 0.816.